The monoisotopic (exact) mass is 457 g/mol. The molecule has 3 aromatic carbocycles. The van der Waals surface area contributed by atoms with Crippen LogP contribution < -0.4 is 0 Å². The van der Waals surface area contributed by atoms with Crippen LogP contribution >= 0.6 is 11.3 Å². The molecule has 0 aliphatic heterocycles. The van der Waals surface area contributed by atoms with Gasteiger partial charge >= 0.3 is 0 Å². The molecule has 0 fully saturated rings. The Kier molecular flexibility index (Phi) is 5.08. The fraction of sp³-hybridized carbons (Fsp3) is 0.0667. The van der Waals surface area contributed by atoms with Gasteiger partial charge in [-0.1, -0.05) is 80.6 Å². The summed E-state index contributed by atoms with van der Waals surface area (Å²) in [5, 5.41) is 3.55. The predicted octanol–water partition coefficient (Wildman–Crippen LogP) is 8.63. The molecule has 0 aliphatic rings. The van der Waals surface area contributed by atoms with Crippen LogP contribution in [0, 0.1) is 0 Å². The highest BCUT2D eigenvalue weighted by molar-refractivity contribution is 7.26. The first-order chi connectivity index (χ1) is 16.9. The number of hydrogen-bond acceptors (Lipinski definition) is 3. The normalized spacial score (nSPS) is 11.2. The highest BCUT2D eigenvalue weighted by Gasteiger charge is 2.20. The molecular formula is C30H23N3S. The number of benzene rings is 3. The lowest BCUT2D eigenvalue weighted by Crippen LogP contribution is -2.00. The second-order valence-corrected chi connectivity index (χ2v) is 8.94. The van der Waals surface area contributed by atoms with Crippen LogP contribution in [0.15, 0.2) is 103 Å². The zero-order chi connectivity index (χ0) is 23.1. The first kappa shape index (κ1) is 20.6. The third-order valence-electron chi connectivity index (χ3n) is 6.10. The Morgan fingerprint density at radius 1 is 0.676 bits per heavy atom. The molecule has 4 heteroatoms. The second-order valence-electron chi connectivity index (χ2n) is 7.89. The summed E-state index contributed by atoms with van der Waals surface area (Å²) in [6.07, 6.45) is 3.91. The number of para-hydroxylation sites is 1. The van der Waals surface area contributed by atoms with Crippen LogP contribution in [0.1, 0.15) is 13.8 Å². The molecule has 0 spiro atoms. The van der Waals surface area contributed by atoms with Gasteiger partial charge in [0.05, 0.1) is 21.3 Å². The van der Waals surface area contributed by atoms with E-state index in [1.165, 1.54) is 25.7 Å². The first-order valence-electron chi connectivity index (χ1n) is 11.6. The van der Waals surface area contributed by atoms with Crippen LogP contribution in [0.2, 0.25) is 0 Å². The molecule has 7 rings (SSSR count). The van der Waals surface area contributed by atoms with Crippen molar-refractivity contribution in [2.75, 3.05) is 0 Å². The lowest BCUT2D eigenvalue weighted by molar-refractivity contribution is 1.09. The number of fused-ring (bicyclic) bond motifs is 7. The molecule has 0 amide bonds. The molecular weight excluding hydrogens is 434 g/mol. The predicted molar refractivity (Wildman–Crippen MR) is 146 cm³/mol. The van der Waals surface area contributed by atoms with Crippen LogP contribution in [0.25, 0.3) is 59.1 Å². The molecule has 7 aromatic rings. The molecule has 4 heterocycles. The maximum Gasteiger partial charge on any atom is 0.145 e. The minimum absolute atomic E-state index is 0.940. The molecule has 0 aliphatic carbocycles. The molecule has 34 heavy (non-hydrogen) atoms. The van der Waals surface area contributed by atoms with Crippen molar-refractivity contribution in [3.63, 3.8) is 0 Å². The zero-order valence-corrected chi connectivity index (χ0v) is 19.9. The molecule has 0 unspecified atom stereocenters. The van der Waals surface area contributed by atoms with Crippen LogP contribution in [-0.4, -0.2) is 14.5 Å². The van der Waals surface area contributed by atoms with E-state index >= 15 is 0 Å². The third kappa shape index (κ3) is 3.03. The average molecular weight is 458 g/mol. The fourth-order valence-corrected chi connectivity index (χ4v) is 5.91. The van der Waals surface area contributed by atoms with Gasteiger partial charge in [0, 0.05) is 38.8 Å². The van der Waals surface area contributed by atoms with E-state index in [1.807, 2.05) is 38.4 Å². The molecule has 0 radical (unpaired) electrons. The zero-order valence-electron chi connectivity index (χ0n) is 19.1. The van der Waals surface area contributed by atoms with E-state index in [-0.39, 0.29) is 0 Å². The van der Waals surface area contributed by atoms with Gasteiger partial charge in [0.15, 0.2) is 0 Å². The summed E-state index contributed by atoms with van der Waals surface area (Å²) >= 11 is 1.81. The Morgan fingerprint density at radius 2 is 1.41 bits per heavy atom. The van der Waals surface area contributed by atoms with Crippen molar-refractivity contribution in [2.24, 2.45) is 0 Å². The molecule has 164 valence electrons. The number of nitrogens with zero attached hydrogens (tertiary/aromatic N) is 3. The van der Waals surface area contributed by atoms with Crippen molar-refractivity contribution in [1.82, 2.24) is 14.5 Å². The summed E-state index contributed by atoms with van der Waals surface area (Å²) in [7, 11) is 0. The number of rotatable bonds is 2. The molecule has 0 saturated heterocycles. The summed E-state index contributed by atoms with van der Waals surface area (Å²) < 4.78 is 4.78. The summed E-state index contributed by atoms with van der Waals surface area (Å²) in [6, 6.07) is 31.7. The molecule has 0 saturated carbocycles. The lowest BCUT2D eigenvalue weighted by atomic mass is 10.1. The number of thiophene rings is 1. The van der Waals surface area contributed by atoms with Gasteiger partial charge < -0.3 is 0 Å². The van der Waals surface area contributed by atoms with E-state index in [9.17, 15) is 0 Å². The van der Waals surface area contributed by atoms with E-state index in [1.54, 1.807) is 11.3 Å². The highest BCUT2D eigenvalue weighted by atomic mass is 32.1. The highest BCUT2D eigenvalue weighted by Crippen LogP contribution is 2.42. The van der Waals surface area contributed by atoms with Crippen LogP contribution in [0.3, 0.4) is 0 Å². The quantitative estimate of drug-likeness (QED) is 0.260. The fourth-order valence-electron chi connectivity index (χ4n) is 4.71. The van der Waals surface area contributed by atoms with Gasteiger partial charge in [0.1, 0.15) is 5.82 Å². The van der Waals surface area contributed by atoms with Crippen LogP contribution in [0.5, 0.6) is 0 Å². The number of aromatic nitrogens is 3. The maximum atomic E-state index is 4.91. The van der Waals surface area contributed by atoms with Gasteiger partial charge in [-0.15, -0.1) is 11.3 Å². The second kappa shape index (κ2) is 8.40. The minimum atomic E-state index is 0.940. The van der Waals surface area contributed by atoms with Crippen LogP contribution in [-0.2, 0) is 0 Å². The Labute approximate surface area is 202 Å². The van der Waals surface area contributed by atoms with E-state index in [2.05, 4.69) is 83.4 Å². The molecule has 0 bridgehead atoms. The van der Waals surface area contributed by atoms with Crippen molar-refractivity contribution >= 4 is 53.4 Å². The van der Waals surface area contributed by atoms with Gasteiger partial charge in [-0.05, 0) is 29.8 Å². The van der Waals surface area contributed by atoms with Crippen molar-refractivity contribution in [3.05, 3.63) is 103 Å². The smallest absolute Gasteiger partial charge is 0.145 e. The Morgan fingerprint density at radius 3 is 2.26 bits per heavy atom. The van der Waals surface area contributed by atoms with E-state index in [4.69, 9.17) is 9.97 Å². The minimum Gasteiger partial charge on any atom is -0.292 e. The molecule has 4 aromatic heterocycles. The molecule has 0 N–H and O–H groups in total. The Hall–Kier alpha value is -4.02. The van der Waals surface area contributed by atoms with E-state index in [0.717, 1.165) is 33.4 Å². The Bertz CT molecular complexity index is 1780. The first-order valence-corrected chi connectivity index (χ1v) is 12.4. The van der Waals surface area contributed by atoms with Crippen molar-refractivity contribution in [1.29, 1.82) is 0 Å². The van der Waals surface area contributed by atoms with Gasteiger partial charge in [-0.3, -0.25) is 9.55 Å². The number of hydrogen-bond donors (Lipinski definition) is 0. The third-order valence-corrected chi connectivity index (χ3v) is 7.27. The van der Waals surface area contributed by atoms with E-state index < -0.39 is 0 Å². The average Bonchev–Trinajstić information content (AvgIpc) is 3.46. The van der Waals surface area contributed by atoms with Gasteiger partial charge in [0.25, 0.3) is 0 Å². The van der Waals surface area contributed by atoms with Crippen molar-refractivity contribution in [2.45, 2.75) is 13.8 Å². The molecule has 0 atom stereocenters. The summed E-state index contributed by atoms with van der Waals surface area (Å²) in [4.78, 5) is 9.82. The number of pyridine rings is 2. The van der Waals surface area contributed by atoms with Gasteiger partial charge in [-0.2, -0.15) is 0 Å². The molecule has 3 nitrogen and oxygen atoms in total. The standard InChI is InChI=1S/C28H17N3S.C2H6/c1-2-9-18(10-3-1)19-13-8-16-29-28(19)31-23-14-6-4-11-20(23)22-17-30-25-21-12-5-7-15-24(21)32-27(25)26(22)31;1-2/h1-17H;1-2H3. The maximum absolute atomic E-state index is 4.91. The van der Waals surface area contributed by atoms with Crippen molar-refractivity contribution < 1.29 is 0 Å². The van der Waals surface area contributed by atoms with Crippen LogP contribution in [0.4, 0.5) is 0 Å². The topological polar surface area (TPSA) is 30.7 Å². The largest absolute Gasteiger partial charge is 0.292 e. The summed E-state index contributed by atoms with van der Waals surface area (Å²) in [5.74, 6) is 0.940. The summed E-state index contributed by atoms with van der Waals surface area (Å²) in [6.45, 7) is 4.00. The van der Waals surface area contributed by atoms with Crippen molar-refractivity contribution in [3.8, 4) is 16.9 Å². The SMILES string of the molecule is CC.c1ccc(-c2cccnc2-n2c3ccccc3c3cnc4c5ccccc5sc4c32)cc1. The lowest BCUT2D eigenvalue weighted by Gasteiger charge is -2.12. The summed E-state index contributed by atoms with van der Waals surface area (Å²) in [5.41, 5.74) is 5.64. The Balaban J connectivity index is 0.00000106. The van der Waals surface area contributed by atoms with Gasteiger partial charge in [-0.25, -0.2) is 4.98 Å². The van der Waals surface area contributed by atoms with E-state index in [0.29, 0.717) is 0 Å². The van der Waals surface area contributed by atoms with Gasteiger partial charge in [0.2, 0.25) is 0 Å².